The highest BCUT2D eigenvalue weighted by atomic mass is 35.5. The smallest absolute Gasteiger partial charge is 0.0595 e. The number of rotatable bonds is 6. The summed E-state index contributed by atoms with van der Waals surface area (Å²) >= 11 is 11.9. The van der Waals surface area contributed by atoms with Crippen molar-refractivity contribution in [3.63, 3.8) is 0 Å². The van der Waals surface area contributed by atoms with Gasteiger partial charge in [-0.25, -0.2) is 0 Å². The predicted molar refractivity (Wildman–Crippen MR) is 80.8 cm³/mol. The monoisotopic (exact) mass is 288 g/mol. The maximum absolute atomic E-state index is 6.00. The second-order valence-corrected chi connectivity index (χ2v) is 5.89. The molecule has 2 nitrogen and oxygen atoms in total. The summed E-state index contributed by atoms with van der Waals surface area (Å²) in [4.78, 5) is 4.57. The summed E-state index contributed by atoms with van der Waals surface area (Å²) in [6.07, 6.45) is 0.994. The van der Waals surface area contributed by atoms with Crippen molar-refractivity contribution in [3.8, 4) is 0 Å². The van der Waals surface area contributed by atoms with Crippen molar-refractivity contribution in [2.24, 2.45) is 0 Å². The van der Waals surface area contributed by atoms with E-state index in [1.807, 2.05) is 18.2 Å². The van der Waals surface area contributed by atoms with Crippen LogP contribution in [-0.2, 0) is 6.42 Å². The summed E-state index contributed by atoms with van der Waals surface area (Å²) in [6, 6.07) is 6.41. The molecular weight excluding hydrogens is 267 g/mol. The third-order valence-corrected chi connectivity index (χ3v) is 3.96. The molecule has 0 saturated heterocycles. The Morgan fingerprint density at radius 3 is 2.33 bits per heavy atom. The van der Waals surface area contributed by atoms with Gasteiger partial charge in [0.25, 0.3) is 0 Å². The highest BCUT2D eigenvalue weighted by molar-refractivity contribution is 6.42. The molecule has 0 heterocycles. The molecule has 0 bridgehead atoms. The third kappa shape index (κ3) is 5.15. The van der Waals surface area contributed by atoms with Gasteiger partial charge in [-0.2, -0.15) is 0 Å². The minimum absolute atomic E-state index is 0.559. The molecule has 0 fully saturated rings. The van der Waals surface area contributed by atoms with Gasteiger partial charge in [-0.1, -0.05) is 29.3 Å². The topological polar surface area (TPSA) is 6.48 Å². The molecule has 1 rings (SSSR count). The molecule has 0 saturated carbocycles. The maximum atomic E-state index is 6.00. The van der Waals surface area contributed by atoms with Crippen molar-refractivity contribution in [1.29, 1.82) is 0 Å². The summed E-state index contributed by atoms with van der Waals surface area (Å²) in [6.45, 7) is 4.32. The van der Waals surface area contributed by atoms with Crippen LogP contribution in [-0.4, -0.2) is 50.1 Å². The van der Waals surface area contributed by atoms with Crippen molar-refractivity contribution < 1.29 is 0 Å². The molecule has 102 valence electrons. The lowest BCUT2D eigenvalue weighted by molar-refractivity contribution is 0.222. The molecule has 0 radical (unpaired) electrons. The van der Waals surface area contributed by atoms with Crippen molar-refractivity contribution in [3.05, 3.63) is 33.8 Å². The molecule has 1 aromatic rings. The average Bonchev–Trinajstić information content (AvgIpc) is 2.30. The van der Waals surface area contributed by atoms with E-state index in [1.54, 1.807) is 0 Å². The van der Waals surface area contributed by atoms with Gasteiger partial charge >= 0.3 is 0 Å². The van der Waals surface area contributed by atoms with Crippen LogP contribution in [0.2, 0.25) is 10.0 Å². The van der Waals surface area contributed by atoms with Crippen molar-refractivity contribution in [2.45, 2.75) is 19.4 Å². The summed E-state index contributed by atoms with van der Waals surface area (Å²) in [5.74, 6) is 0. The summed E-state index contributed by atoms with van der Waals surface area (Å²) in [5, 5.41) is 1.26. The third-order valence-electron chi connectivity index (χ3n) is 3.22. The molecular formula is C14H22Cl2N2. The van der Waals surface area contributed by atoms with Crippen LogP contribution in [0.15, 0.2) is 18.2 Å². The number of halogens is 2. The Balaban J connectivity index is 2.42. The zero-order valence-corrected chi connectivity index (χ0v) is 13.1. The van der Waals surface area contributed by atoms with E-state index in [2.05, 4.69) is 37.9 Å². The number of hydrogen-bond donors (Lipinski definition) is 0. The number of nitrogens with zero attached hydrogens (tertiary/aromatic N) is 2. The Morgan fingerprint density at radius 1 is 1.11 bits per heavy atom. The second-order valence-electron chi connectivity index (χ2n) is 5.07. The zero-order valence-electron chi connectivity index (χ0n) is 11.6. The van der Waals surface area contributed by atoms with Gasteiger partial charge < -0.3 is 9.80 Å². The largest absolute Gasteiger partial charge is 0.305 e. The van der Waals surface area contributed by atoms with E-state index >= 15 is 0 Å². The Hall–Kier alpha value is -0.280. The van der Waals surface area contributed by atoms with Crippen LogP contribution < -0.4 is 0 Å². The molecule has 18 heavy (non-hydrogen) atoms. The van der Waals surface area contributed by atoms with Gasteiger partial charge in [0.15, 0.2) is 0 Å². The van der Waals surface area contributed by atoms with E-state index in [-0.39, 0.29) is 0 Å². The molecule has 0 aromatic heterocycles. The van der Waals surface area contributed by atoms with E-state index < -0.39 is 0 Å². The fourth-order valence-corrected chi connectivity index (χ4v) is 2.04. The van der Waals surface area contributed by atoms with E-state index in [0.717, 1.165) is 19.5 Å². The Bertz CT molecular complexity index is 380. The van der Waals surface area contributed by atoms with Crippen LogP contribution in [0.1, 0.15) is 12.5 Å². The first-order valence-electron chi connectivity index (χ1n) is 6.19. The van der Waals surface area contributed by atoms with Crippen LogP contribution in [0.5, 0.6) is 0 Å². The van der Waals surface area contributed by atoms with Gasteiger partial charge in [-0.05, 0) is 52.2 Å². The number of hydrogen-bond acceptors (Lipinski definition) is 2. The van der Waals surface area contributed by atoms with Crippen LogP contribution >= 0.6 is 23.2 Å². The summed E-state index contributed by atoms with van der Waals surface area (Å²) in [7, 11) is 6.37. The lowest BCUT2D eigenvalue weighted by atomic mass is 10.1. The lowest BCUT2D eigenvalue weighted by Gasteiger charge is -2.26. The molecule has 0 aliphatic carbocycles. The first kappa shape index (κ1) is 15.8. The van der Waals surface area contributed by atoms with Crippen molar-refractivity contribution in [2.75, 3.05) is 34.2 Å². The fourth-order valence-electron chi connectivity index (χ4n) is 1.72. The van der Waals surface area contributed by atoms with Gasteiger partial charge in [0.2, 0.25) is 0 Å². The molecule has 4 heteroatoms. The van der Waals surface area contributed by atoms with Gasteiger partial charge in [0.1, 0.15) is 0 Å². The highest BCUT2D eigenvalue weighted by Gasteiger charge is 2.08. The second kappa shape index (κ2) is 7.34. The summed E-state index contributed by atoms with van der Waals surface area (Å²) < 4.78 is 0. The predicted octanol–water partition coefficient (Wildman–Crippen LogP) is 3.42. The SMILES string of the molecule is C[C@@H](CN(C)CCc1ccc(Cl)c(Cl)c1)N(C)C. The Labute approximate surface area is 120 Å². The van der Waals surface area contributed by atoms with Crippen LogP contribution in [0.3, 0.4) is 0 Å². The van der Waals surface area contributed by atoms with Gasteiger partial charge in [0, 0.05) is 19.1 Å². The van der Waals surface area contributed by atoms with Crippen LogP contribution in [0.25, 0.3) is 0 Å². The van der Waals surface area contributed by atoms with Gasteiger partial charge in [-0.15, -0.1) is 0 Å². The molecule has 0 amide bonds. The molecule has 0 spiro atoms. The summed E-state index contributed by atoms with van der Waals surface area (Å²) in [5.41, 5.74) is 1.23. The first-order chi connectivity index (χ1) is 8.40. The molecule has 0 aliphatic heterocycles. The van der Waals surface area contributed by atoms with E-state index in [1.165, 1.54) is 5.56 Å². The van der Waals surface area contributed by atoms with Gasteiger partial charge in [0.05, 0.1) is 10.0 Å². The van der Waals surface area contributed by atoms with E-state index in [0.29, 0.717) is 16.1 Å². The van der Waals surface area contributed by atoms with Crippen molar-refractivity contribution >= 4 is 23.2 Å². The van der Waals surface area contributed by atoms with E-state index in [9.17, 15) is 0 Å². The first-order valence-corrected chi connectivity index (χ1v) is 6.94. The average molecular weight is 289 g/mol. The molecule has 0 N–H and O–H groups in total. The Kier molecular flexibility index (Phi) is 6.44. The van der Waals surface area contributed by atoms with Gasteiger partial charge in [-0.3, -0.25) is 0 Å². The minimum Gasteiger partial charge on any atom is -0.305 e. The lowest BCUT2D eigenvalue weighted by Crippen LogP contribution is -2.37. The fraction of sp³-hybridized carbons (Fsp3) is 0.571. The number of benzene rings is 1. The Morgan fingerprint density at radius 2 is 1.78 bits per heavy atom. The molecule has 1 aromatic carbocycles. The van der Waals surface area contributed by atoms with Crippen molar-refractivity contribution in [1.82, 2.24) is 9.80 Å². The zero-order chi connectivity index (χ0) is 13.7. The molecule has 1 atom stereocenters. The minimum atomic E-state index is 0.559. The standard InChI is InChI=1S/C14H22Cl2N2/c1-11(17(2)3)10-18(4)8-7-12-5-6-13(15)14(16)9-12/h5-6,9,11H,7-8,10H2,1-4H3/t11-/m0/s1. The maximum Gasteiger partial charge on any atom is 0.0595 e. The van der Waals surface area contributed by atoms with Crippen LogP contribution in [0.4, 0.5) is 0 Å². The van der Waals surface area contributed by atoms with Crippen LogP contribution in [0, 0.1) is 0 Å². The van der Waals surface area contributed by atoms with E-state index in [4.69, 9.17) is 23.2 Å². The number of likely N-dealkylation sites (N-methyl/N-ethyl adjacent to an activating group) is 2. The molecule has 0 aliphatic rings. The normalized spacial score (nSPS) is 13.3. The quantitative estimate of drug-likeness (QED) is 0.791. The molecule has 0 unspecified atom stereocenters. The highest BCUT2D eigenvalue weighted by Crippen LogP contribution is 2.22.